The monoisotopic (exact) mass is 396 g/mol. The number of carbonyl (C=O) groups is 1. The standard InChI is InChI=1S/C18H25BrN2O3/c1-23-16-8-12(7-15(19)18(16)24-2)10-20-17(22)9-11-5-13-3-4-14(6-11)21-13/h7-8,11,13-14,21H,3-6,9-10H2,1-2H3,(H,20,22). The third kappa shape index (κ3) is 4.03. The minimum Gasteiger partial charge on any atom is -0.493 e. The molecule has 2 atom stereocenters. The highest BCUT2D eigenvalue weighted by Crippen LogP contribution is 2.36. The van der Waals surface area contributed by atoms with Crippen molar-refractivity contribution in [3.05, 3.63) is 22.2 Å². The zero-order chi connectivity index (χ0) is 17.1. The van der Waals surface area contributed by atoms with Gasteiger partial charge in [-0.3, -0.25) is 4.79 Å². The second kappa shape index (κ2) is 7.74. The molecule has 2 fully saturated rings. The number of amides is 1. The first-order valence-corrected chi connectivity index (χ1v) is 9.31. The number of fused-ring (bicyclic) bond motifs is 2. The van der Waals surface area contributed by atoms with Crippen LogP contribution >= 0.6 is 15.9 Å². The van der Waals surface area contributed by atoms with Crippen molar-refractivity contribution < 1.29 is 14.3 Å². The fourth-order valence-electron chi connectivity index (χ4n) is 3.95. The Bertz CT molecular complexity index is 596. The van der Waals surface area contributed by atoms with Crippen molar-refractivity contribution in [3.8, 4) is 11.5 Å². The van der Waals surface area contributed by atoms with E-state index in [0.717, 1.165) is 22.9 Å². The normalized spacial score (nSPS) is 25.4. The first-order chi connectivity index (χ1) is 11.6. The van der Waals surface area contributed by atoms with Gasteiger partial charge in [-0.15, -0.1) is 0 Å². The molecule has 1 amide bonds. The van der Waals surface area contributed by atoms with Crippen molar-refractivity contribution in [2.45, 2.75) is 50.7 Å². The van der Waals surface area contributed by atoms with Crippen LogP contribution in [-0.4, -0.2) is 32.2 Å². The van der Waals surface area contributed by atoms with Crippen molar-refractivity contribution in [2.24, 2.45) is 5.92 Å². The van der Waals surface area contributed by atoms with Gasteiger partial charge >= 0.3 is 0 Å². The zero-order valence-electron chi connectivity index (χ0n) is 14.2. The third-order valence-corrected chi connectivity index (χ3v) is 5.62. The van der Waals surface area contributed by atoms with Crippen LogP contribution in [0.3, 0.4) is 0 Å². The summed E-state index contributed by atoms with van der Waals surface area (Å²) in [6.07, 6.45) is 5.42. The highest BCUT2D eigenvalue weighted by molar-refractivity contribution is 9.10. The van der Waals surface area contributed by atoms with Gasteiger partial charge in [-0.25, -0.2) is 0 Å². The highest BCUT2D eigenvalue weighted by atomic mass is 79.9. The fourth-order valence-corrected chi connectivity index (χ4v) is 4.60. The average molecular weight is 397 g/mol. The molecule has 2 aliphatic rings. The quantitative estimate of drug-likeness (QED) is 0.775. The molecule has 2 unspecified atom stereocenters. The minimum atomic E-state index is 0.132. The molecule has 132 valence electrons. The second-order valence-electron chi connectivity index (χ2n) is 6.77. The number of piperidine rings is 1. The lowest BCUT2D eigenvalue weighted by atomic mass is 9.89. The topological polar surface area (TPSA) is 59.6 Å². The lowest BCUT2D eigenvalue weighted by molar-refractivity contribution is -0.122. The van der Waals surface area contributed by atoms with E-state index in [1.165, 1.54) is 12.8 Å². The van der Waals surface area contributed by atoms with Gasteiger partial charge < -0.3 is 20.1 Å². The smallest absolute Gasteiger partial charge is 0.220 e. The summed E-state index contributed by atoms with van der Waals surface area (Å²) in [6, 6.07) is 5.10. The first-order valence-electron chi connectivity index (χ1n) is 8.52. The Kier molecular flexibility index (Phi) is 5.66. The van der Waals surface area contributed by atoms with E-state index in [4.69, 9.17) is 9.47 Å². The largest absolute Gasteiger partial charge is 0.493 e. The van der Waals surface area contributed by atoms with E-state index < -0.39 is 0 Å². The van der Waals surface area contributed by atoms with Crippen LogP contribution in [0.25, 0.3) is 0 Å². The average Bonchev–Trinajstić information content (AvgIpc) is 2.91. The van der Waals surface area contributed by atoms with Crippen LogP contribution in [0.15, 0.2) is 16.6 Å². The number of halogens is 1. The van der Waals surface area contributed by atoms with Crippen molar-refractivity contribution >= 4 is 21.8 Å². The molecule has 6 heteroatoms. The minimum absolute atomic E-state index is 0.132. The van der Waals surface area contributed by atoms with Gasteiger partial charge in [0.15, 0.2) is 11.5 Å². The van der Waals surface area contributed by atoms with Crippen molar-refractivity contribution in [2.75, 3.05) is 14.2 Å². The summed E-state index contributed by atoms with van der Waals surface area (Å²) in [5, 5.41) is 6.65. The van der Waals surface area contributed by atoms with Crippen molar-refractivity contribution in [3.63, 3.8) is 0 Å². The SMILES string of the molecule is COc1cc(CNC(=O)CC2CC3CCC(C2)N3)cc(Br)c1OC. The van der Waals surface area contributed by atoms with E-state index in [-0.39, 0.29) is 5.91 Å². The zero-order valence-corrected chi connectivity index (χ0v) is 15.8. The molecule has 3 rings (SSSR count). The summed E-state index contributed by atoms with van der Waals surface area (Å²) >= 11 is 3.48. The van der Waals surface area contributed by atoms with Gasteiger partial charge in [0.05, 0.1) is 18.7 Å². The lowest BCUT2D eigenvalue weighted by Crippen LogP contribution is -2.39. The number of nitrogens with one attached hydrogen (secondary N) is 2. The predicted molar refractivity (Wildman–Crippen MR) is 96.4 cm³/mol. The number of hydrogen-bond donors (Lipinski definition) is 2. The van der Waals surface area contributed by atoms with Crippen molar-refractivity contribution in [1.82, 2.24) is 10.6 Å². The molecule has 2 saturated heterocycles. The van der Waals surface area contributed by atoms with Crippen LogP contribution in [0, 0.1) is 5.92 Å². The second-order valence-corrected chi connectivity index (χ2v) is 7.62. The number of ether oxygens (including phenoxy) is 2. The molecule has 2 heterocycles. The van der Waals surface area contributed by atoms with E-state index in [0.29, 0.717) is 42.5 Å². The highest BCUT2D eigenvalue weighted by Gasteiger charge is 2.34. The molecule has 0 aromatic heterocycles. The summed E-state index contributed by atoms with van der Waals surface area (Å²) in [4.78, 5) is 12.3. The molecular formula is C18H25BrN2O3. The summed E-state index contributed by atoms with van der Waals surface area (Å²) in [5.41, 5.74) is 0.984. The molecule has 1 aromatic carbocycles. The summed E-state index contributed by atoms with van der Waals surface area (Å²) < 4.78 is 11.5. The molecule has 0 spiro atoms. The van der Waals surface area contributed by atoms with Crippen molar-refractivity contribution in [1.29, 1.82) is 0 Å². The van der Waals surface area contributed by atoms with Gasteiger partial charge in [0.2, 0.25) is 5.91 Å². The maximum atomic E-state index is 12.3. The maximum absolute atomic E-state index is 12.3. The molecule has 2 N–H and O–H groups in total. The van der Waals surface area contributed by atoms with E-state index in [1.807, 2.05) is 12.1 Å². The van der Waals surface area contributed by atoms with Crippen LogP contribution < -0.4 is 20.1 Å². The molecule has 0 saturated carbocycles. The molecule has 24 heavy (non-hydrogen) atoms. The van der Waals surface area contributed by atoms with Gasteiger partial charge in [0.25, 0.3) is 0 Å². The number of benzene rings is 1. The van der Waals surface area contributed by atoms with Crippen LogP contribution in [-0.2, 0) is 11.3 Å². The van der Waals surface area contributed by atoms with E-state index in [1.54, 1.807) is 14.2 Å². The Morgan fingerprint density at radius 1 is 1.25 bits per heavy atom. The Morgan fingerprint density at radius 3 is 2.58 bits per heavy atom. The Balaban J connectivity index is 1.53. The summed E-state index contributed by atoms with van der Waals surface area (Å²) in [5.74, 6) is 1.97. The number of methoxy groups -OCH3 is 2. The van der Waals surface area contributed by atoms with E-state index in [2.05, 4.69) is 26.6 Å². The van der Waals surface area contributed by atoms with Crippen LogP contribution in [0.4, 0.5) is 0 Å². The summed E-state index contributed by atoms with van der Waals surface area (Å²) in [6.45, 7) is 0.496. The van der Waals surface area contributed by atoms with Gasteiger partial charge in [0.1, 0.15) is 0 Å². The van der Waals surface area contributed by atoms with Crippen LogP contribution in [0.1, 0.15) is 37.7 Å². The number of carbonyl (C=O) groups excluding carboxylic acids is 1. The molecule has 2 bridgehead atoms. The molecule has 0 aliphatic carbocycles. The predicted octanol–water partition coefficient (Wildman–Crippen LogP) is 3.00. The first kappa shape index (κ1) is 17.5. The summed E-state index contributed by atoms with van der Waals surface area (Å²) in [7, 11) is 3.22. The Hall–Kier alpha value is -1.27. The van der Waals surface area contributed by atoms with Gasteiger partial charge in [0, 0.05) is 25.0 Å². The molecule has 2 aliphatic heterocycles. The Morgan fingerprint density at radius 2 is 1.96 bits per heavy atom. The van der Waals surface area contributed by atoms with Gasteiger partial charge in [-0.1, -0.05) is 0 Å². The molecule has 1 aromatic rings. The van der Waals surface area contributed by atoms with E-state index >= 15 is 0 Å². The van der Waals surface area contributed by atoms with E-state index in [9.17, 15) is 4.79 Å². The fraction of sp³-hybridized carbons (Fsp3) is 0.611. The van der Waals surface area contributed by atoms with Crippen LogP contribution in [0.5, 0.6) is 11.5 Å². The number of hydrogen-bond acceptors (Lipinski definition) is 4. The maximum Gasteiger partial charge on any atom is 0.220 e. The van der Waals surface area contributed by atoms with Gasteiger partial charge in [-0.05, 0) is 65.2 Å². The molecule has 0 radical (unpaired) electrons. The number of rotatable bonds is 6. The molecular weight excluding hydrogens is 372 g/mol. The van der Waals surface area contributed by atoms with Gasteiger partial charge in [-0.2, -0.15) is 0 Å². The lowest BCUT2D eigenvalue weighted by Gasteiger charge is -2.28. The Labute approximate surface area is 151 Å². The van der Waals surface area contributed by atoms with Crippen LogP contribution in [0.2, 0.25) is 0 Å². The molecule has 5 nitrogen and oxygen atoms in total. The third-order valence-electron chi connectivity index (χ3n) is 5.03.